The van der Waals surface area contributed by atoms with Gasteiger partial charge in [-0.3, -0.25) is 9.59 Å². The molecule has 0 amide bonds. The lowest BCUT2D eigenvalue weighted by atomic mass is 9.45. The zero-order chi connectivity index (χ0) is 17.7. The zero-order valence-corrected chi connectivity index (χ0v) is 15.5. The van der Waals surface area contributed by atoms with Crippen LogP contribution in [-0.2, 0) is 14.3 Å². The number of carbonyl (C=O) groups excluding carboxylic acids is 1. The molecule has 0 radical (unpaired) electrons. The highest BCUT2D eigenvalue weighted by Gasteiger charge is 2.57. The minimum absolute atomic E-state index is 0.0856. The summed E-state index contributed by atoms with van der Waals surface area (Å²) in [4.78, 5) is 23.1. The predicted molar refractivity (Wildman–Crippen MR) is 91.4 cm³/mol. The number of hydrogen-bond donors (Lipinski definition) is 1. The second-order valence-corrected chi connectivity index (χ2v) is 9.11. The Morgan fingerprint density at radius 2 is 1.79 bits per heavy atom. The zero-order valence-electron chi connectivity index (χ0n) is 15.5. The Hall–Kier alpha value is -1.06. The molecule has 0 aliphatic heterocycles. The number of rotatable bonds is 2. The molecule has 3 aliphatic carbocycles. The number of ether oxygens (including phenoxy) is 1. The molecule has 136 valence electrons. The van der Waals surface area contributed by atoms with Crippen LogP contribution in [0, 0.1) is 34.5 Å². The smallest absolute Gasteiger partial charge is 0.309 e. The summed E-state index contributed by atoms with van der Waals surface area (Å²) in [5.41, 5.74) is -0.285. The van der Waals surface area contributed by atoms with Crippen molar-refractivity contribution in [3.8, 4) is 0 Å². The third-order valence-corrected chi connectivity index (χ3v) is 8.14. The molecular weight excluding hydrogens is 304 g/mol. The van der Waals surface area contributed by atoms with Crippen molar-refractivity contribution in [2.75, 3.05) is 0 Å². The molecule has 7 atom stereocenters. The van der Waals surface area contributed by atoms with Crippen molar-refractivity contribution in [2.45, 2.75) is 78.7 Å². The molecule has 3 aliphatic rings. The van der Waals surface area contributed by atoms with Crippen LogP contribution in [0.25, 0.3) is 0 Å². The van der Waals surface area contributed by atoms with Crippen molar-refractivity contribution in [1.82, 2.24) is 0 Å². The molecule has 0 bridgehead atoms. The second kappa shape index (κ2) is 6.03. The lowest BCUT2D eigenvalue weighted by molar-refractivity contribution is -0.170. The van der Waals surface area contributed by atoms with E-state index in [4.69, 9.17) is 4.74 Å². The molecular formula is C20H32O4. The molecule has 4 heteroatoms. The van der Waals surface area contributed by atoms with Gasteiger partial charge in [-0.15, -0.1) is 0 Å². The van der Waals surface area contributed by atoms with Crippen molar-refractivity contribution in [3.63, 3.8) is 0 Å². The number of carboxylic acids is 1. The molecule has 24 heavy (non-hydrogen) atoms. The van der Waals surface area contributed by atoms with Crippen LogP contribution >= 0.6 is 0 Å². The molecule has 3 saturated carbocycles. The molecule has 0 unspecified atom stereocenters. The Balaban J connectivity index is 1.78. The third-order valence-electron chi connectivity index (χ3n) is 8.14. The van der Waals surface area contributed by atoms with Gasteiger partial charge in [-0.05, 0) is 81.0 Å². The Morgan fingerprint density at radius 3 is 2.42 bits per heavy atom. The van der Waals surface area contributed by atoms with Crippen molar-refractivity contribution in [2.24, 2.45) is 34.5 Å². The summed E-state index contributed by atoms with van der Waals surface area (Å²) in [6.45, 7) is 8.04. The highest BCUT2D eigenvalue weighted by Crippen LogP contribution is 2.63. The van der Waals surface area contributed by atoms with Gasteiger partial charge in [-0.1, -0.05) is 13.8 Å². The average Bonchev–Trinajstić information content (AvgIpc) is 2.50. The predicted octanol–water partition coefficient (Wildman–Crippen LogP) is 4.27. The summed E-state index contributed by atoms with van der Waals surface area (Å²) in [5.74, 6) is 1.19. The lowest BCUT2D eigenvalue weighted by Gasteiger charge is -2.60. The van der Waals surface area contributed by atoms with Crippen LogP contribution in [0.3, 0.4) is 0 Å². The SMILES string of the molecule is CC(=O)O[C@@H]1CC[C@@]2(C)[C@H](CC[C@@H]3[C@@H]2CC[C@](C)(C(=O)O)[C@H]3C)C1. The van der Waals surface area contributed by atoms with Gasteiger partial charge in [0.2, 0.25) is 0 Å². The van der Waals surface area contributed by atoms with Crippen LogP contribution in [0.15, 0.2) is 0 Å². The topological polar surface area (TPSA) is 63.6 Å². The summed E-state index contributed by atoms with van der Waals surface area (Å²) < 4.78 is 5.49. The fraction of sp³-hybridized carbons (Fsp3) is 0.900. The monoisotopic (exact) mass is 336 g/mol. The average molecular weight is 336 g/mol. The Bertz CT molecular complexity index is 530. The van der Waals surface area contributed by atoms with E-state index in [0.29, 0.717) is 17.8 Å². The van der Waals surface area contributed by atoms with Gasteiger partial charge in [-0.2, -0.15) is 0 Å². The second-order valence-electron chi connectivity index (χ2n) is 9.11. The minimum atomic E-state index is -0.626. The van der Waals surface area contributed by atoms with E-state index in [9.17, 15) is 14.7 Å². The van der Waals surface area contributed by atoms with Gasteiger partial charge < -0.3 is 9.84 Å². The molecule has 3 fully saturated rings. The highest BCUT2D eigenvalue weighted by molar-refractivity contribution is 5.74. The molecule has 0 saturated heterocycles. The Morgan fingerprint density at radius 1 is 1.08 bits per heavy atom. The number of carbonyl (C=O) groups is 2. The van der Waals surface area contributed by atoms with E-state index in [1.54, 1.807) is 0 Å². The van der Waals surface area contributed by atoms with Crippen molar-refractivity contribution < 1.29 is 19.4 Å². The number of hydrogen-bond acceptors (Lipinski definition) is 3. The van der Waals surface area contributed by atoms with E-state index in [1.165, 1.54) is 6.92 Å². The summed E-state index contributed by atoms with van der Waals surface area (Å²) in [6.07, 6.45) is 7.24. The Labute approximate surface area is 145 Å². The van der Waals surface area contributed by atoms with Crippen LogP contribution in [0.1, 0.15) is 72.6 Å². The molecule has 0 aromatic carbocycles. The normalized spacial score (nSPS) is 48.1. The summed E-state index contributed by atoms with van der Waals surface area (Å²) in [7, 11) is 0. The first kappa shape index (κ1) is 17.8. The molecule has 3 rings (SSSR count). The minimum Gasteiger partial charge on any atom is -0.481 e. The maximum atomic E-state index is 11.8. The fourth-order valence-electron chi connectivity index (χ4n) is 6.34. The summed E-state index contributed by atoms with van der Waals surface area (Å²) in [6, 6.07) is 0. The number of fused-ring (bicyclic) bond motifs is 3. The molecule has 0 aromatic heterocycles. The number of aliphatic carboxylic acids is 1. The lowest BCUT2D eigenvalue weighted by Crippen LogP contribution is -2.55. The van der Waals surface area contributed by atoms with Crippen LogP contribution in [-0.4, -0.2) is 23.1 Å². The van der Waals surface area contributed by atoms with Gasteiger partial charge in [-0.25, -0.2) is 0 Å². The van der Waals surface area contributed by atoms with Crippen LogP contribution in [0.4, 0.5) is 0 Å². The molecule has 0 aromatic rings. The molecule has 4 nitrogen and oxygen atoms in total. The summed E-state index contributed by atoms with van der Waals surface area (Å²) >= 11 is 0. The van der Waals surface area contributed by atoms with Gasteiger partial charge in [0.1, 0.15) is 6.10 Å². The molecule has 0 spiro atoms. The first-order chi connectivity index (χ1) is 11.2. The third kappa shape index (κ3) is 2.66. The van der Waals surface area contributed by atoms with E-state index >= 15 is 0 Å². The first-order valence-corrected chi connectivity index (χ1v) is 9.59. The summed E-state index contributed by atoms with van der Waals surface area (Å²) in [5, 5.41) is 9.73. The number of carboxylic acid groups (broad SMARTS) is 1. The standard InChI is InChI=1S/C20H32O4/c1-12-16-6-5-14-11-15(24-13(2)21)7-9-20(14,4)17(16)8-10-19(12,3)18(22)23/h12,14-17H,5-11H2,1-4H3,(H,22,23)/t12-,14+,15+,16-,17-,19-,20-/m0/s1. The van der Waals surface area contributed by atoms with Gasteiger partial charge in [0, 0.05) is 6.92 Å². The molecule has 1 N–H and O–H groups in total. The van der Waals surface area contributed by atoms with E-state index < -0.39 is 11.4 Å². The van der Waals surface area contributed by atoms with Crippen molar-refractivity contribution in [1.29, 1.82) is 0 Å². The Kier molecular flexibility index (Phi) is 4.46. The van der Waals surface area contributed by atoms with E-state index in [-0.39, 0.29) is 23.4 Å². The maximum absolute atomic E-state index is 11.8. The van der Waals surface area contributed by atoms with Crippen LogP contribution in [0.2, 0.25) is 0 Å². The largest absolute Gasteiger partial charge is 0.481 e. The first-order valence-electron chi connectivity index (χ1n) is 9.59. The van der Waals surface area contributed by atoms with Crippen molar-refractivity contribution >= 4 is 11.9 Å². The highest BCUT2D eigenvalue weighted by atomic mass is 16.5. The number of esters is 1. The van der Waals surface area contributed by atoms with E-state index in [0.717, 1.165) is 44.9 Å². The van der Waals surface area contributed by atoms with Crippen LogP contribution in [0.5, 0.6) is 0 Å². The van der Waals surface area contributed by atoms with E-state index in [1.807, 2.05) is 6.92 Å². The van der Waals surface area contributed by atoms with Gasteiger partial charge >= 0.3 is 11.9 Å². The van der Waals surface area contributed by atoms with Gasteiger partial charge in [0.05, 0.1) is 5.41 Å². The quantitative estimate of drug-likeness (QED) is 0.765. The van der Waals surface area contributed by atoms with Crippen LogP contribution < -0.4 is 0 Å². The molecule has 0 heterocycles. The maximum Gasteiger partial charge on any atom is 0.309 e. The fourth-order valence-corrected chi connectivity index (χ4v) is 6.34. The van der Waals surface area contributed by atoms with Crippen molar-refractivity contribution in [3.05, 3.63) is 0 Å². The van der Waals surface area contributed by atoms with Gasteiger partial charge in [0.15, 0.2) is 0 Å². The van der Waals surface area contributed by atoms with Gasteiger partial charge in [0.25, 0.3) is 0 Å². The van der Waals surface area contributed by atoms with E-state index in [2.05, 4.69) is 13.8 Å².